The van der Waals surface area contributed by atoms with Crippen molar-refractivity contribution in [3.05, 3.63) is 231 Å². The molecule has 1 aromatic heterocycles. The molecular formula is C54H38N2. The SMILES string of the molecule is c1ccc(-c2cc(-c3ccccc3)cc(-c3ccc(N(c4ccccc4)c4ccc(-c5ccc6c7ccccc7n(-c7ccccc7)c6c5)cc4)cc3)c2)cc1. The quantitative estimate of drug-likeness (QED) is 0.152. The number of nitrogens with zero attached hydrogens (tertiary/aromatic N) is 2. The van der Waals surface area contributed by atoms with Crippen LogP contribution in [0, 0.1) is 0 Å². The molecule has 9 aromatic carbocycles. The van der Waals surface area contributed by atoms with Crippen LogP contribution in [0.4, 0.5) is 17.1 Å². The summed E-state index contributed by atoms with van der Waals surface area (Å²) in [5, 5.41) is 2.52. The Bertz CT molecular complexity index is 2860. The van der Waals surface area contributed by atoms with E-state index in [1.807, 2.05) is 0 Å². The number of rotatable bonds is 8. The molecule has 56 heavy (non-hydrogen) atoms. The number of para-hydroxylation sites is 3. The fourth-order valence-corrected chi connectivity index (χ4v) is 8.02. The molecule has 0 bridgehead atoms. The van der Waals surface area contributed by atoms with Crippen molar-refractivity contribution < 1.29 is 0 Å². The average molecular weight is 715 g/mol. The van der Waals surface area contributed by atoms with Crippen molar-refractivity contribution in [1.82, 2.24) is 4.57 Å². The number of fused-ring (bicyclic) bond motifs is 3. The van der Waals surface area contributed by atoms with Gasteiger partial charge in [-0.05, 0) is 123 Å². The van der Waals surface area contributed by atoms with Gasteiger partial charge in [0.1, 0.15) is 0 Å². The van der Waals surface area contributed by atoms with Crippen molar-refractivity contribution in [2.24, 2.45) is 0 Å². The van der Waals surface area contributed by atoms with Crippen LogP contribution in [0.2, 0.25) is 0 Å². The van der Waals surface area contributed by atoms with Gasteiger partial charge in [0.25, 0.3) is 0 Å². The lowest BCUT2D eigenvalue weighted by Gasteiger charge is -2.26. The number of hydrogen-bond donors (Lipinski definition) is 0. The first-order chi connectivity index (χ1) is 27.8. The van der Waals surface area contributed by atoms with E-state index in [2.05, 4.69) is 240 Å². The van der Waals surface area contributed by atoms with Gasteiger partial charge in [-0.25, -0.2) is 0 Å². The highest BCUT2D eigenvalue weighted by atomic mass is 15.1. The van der Waals surface area contributed by atoms with Crippen LogP contribution < -0.4 is 4.90 Å². The first-order valence-corrected chi connectivity index (χ1v) is 19.2. The highest BCUT2D eigenvalue weighted by Crippen LogP contribution is 2.39. The lowest BCUT2D eigenvalue weighted by Crippen LogP contribution is -2.09. The standard InChI is InChI=1S/C54H38N2/c1-5-15-39(16-6-1)44-35-45(40-17-7-2-8-18-40)37-46(36-44)42-27-32-50(33-28-42)55(47-19-9-3-10-20-47)49-30-25-41(26-31-49)43-29-34-52-51-23-13-14-24-53(51)56(54(52)38-43)48-21-11-4-12-22-48/h1-38H. The van der Waals surface area contributed by atoms with Crippen molar-refractivity contribution >= 4 is 38.9 Å². The predicted molar refractivity (Wildman–Crippen MR) is 237 cm³/mol. The monoisotopic (exact) mass is 714 g/mol. The molecule has 0 aliphatic carbocycles. The molecule has 0 radical (unpaired) electrons. The molecule has 1 heterocycles. The minimum atomic E-state index is 1.10. The molecule has 0 saturated heterocycles. The van der Waals surface area contributed by atoms with Gasteiger partial charge in [-0.15, -0.1) is 0 Å². The van der Waals surface area contributed by atoms with Crippen LogP contribution in [0.25, 0.3) is 72.0 Å². The second kappa shape index (κ2) is 14.4. The van der Waals surface area contributed by atoms with Gasteiger partial charge in [0.05, 0.1) is 11.0 Å². The molecular weight excluding hydrogens is 677 g/mol. The summed E-state index contributed by atoms with van der Waals surface area (Å²) in [6.45, 7) is 0. The van der Waals surface area contributed by atoms with Crippen LogP contribution in [-0.4, -0.2) is 4.57 Å². The summed E-state index contributed by atoms with van der Waals surface area (Å²) in [5.74, 6) is 0. The van der Waals surface area contributed by atoms with Gasteiger partial charge >= 0.3 is 0 Å². The van der Waals surface area contributed by atoms with E-state index in [1.54, 1.807) is 0 Å². The van der Waals surface area contributed by atoms with Crippen molar-refractivity contribution in [3.63, 3.8) is 0 Å². The van der Waals surface area contributed by atoms with Crippen LogP contribution in [0.5, 0.6) is 0 Å². The third-order valence-electron chi connectivity index (χ3n) is 10.8. The van der Waals surface area contributed by atoms with Crippen LogP contribution in [0.1, 0.15) is 0 Å². The van der Waals surface area contributed by atoms with Crippen molar-refractivity contribution in [3.8, 4) is 50.2 Å². The van der Waals surface area contributed by atoms with E-state index in [0.29, 0.717) is 0 Å². The van der Waals surface area contributed by atoms with Crippen LogP contribution >= 0.6 is 0 Å². The highest BCUT2D eigenvalue weighted by Gasteiger charge is 2.16. The number of aromatic nitrogens is 1. The van der Waals surface area contributed by atoms with Crippen LogP contribution in [-0.2, 0) is 0 Å². The first-order valence-electron chi connectivity index (χ1n) is 19.2. The molecule has 0 N–H and O–H groups in total. The molecule has 0 aliphatic rings. The van der Waals surface area contributed by atoms with Crippen molar-refractivity contribution in [1.29, 1.82) is 0 Å². The van der Waals surface area contributed by atoms with Crippen molar-refractivity contribution in [2.75, 3.05) is 4.90 Å². The minimum absolute atomic E-state index is 1.10. The Kier molecular flexibility index (Phi) is 8.55. The zero-order valence-corrected chi connectivity index (χ0v) is 30.8. The molecule has 264 valence electrons. The molecule has 0 amide bonds. The molecule has 0 saturated carbocycles. The normalized spacial score (nSPS) is 11.2. The van der Waals surface area contributed by atoms with Crippen LogP contribution in [0.3, 0.4) is 0 Å². The van der Waals surface area contributed by atoms with Crippen LogP contribution in [0.15, 0.2) is 231 Å². The van der Waals surface area contributed by atoms with Gasteiger partial charge in [0, 0.05) is 33.5 Å². The summed E-state index contributed by atoms with van der Waals surface area (Å²) in [7, 11) is 0. The van der Waals surface area contributed by atoms with E-state index >= 15 is 0 Å². The Morgan fingerprint density at radius 3 is 1.20 bits per heavy atom. The highest BCUT2D eigenvalue weighted by molar-refractivity contribution is 6.10. The van der Waals surface area contributed by atoms with Gasteiger partial charge in [0.2, 0.25) is 0 Å². The number of anilines is 3. The third kappa shape index (κ3) is 6.24. The lowest BCUT2D eigenvalue weighted by molar-refractivity contribution is 1.18. The first kappa shape index (κ1) is 33.2. The Hall–Kier alpha value is -7.42. The van der Waals surface area contributed by atoms with Gasteiger partial charge in [-0.1, -0.05) is 152 Å². The van der Waals surface area contributed by atoms with E-state index in [0.717, 1.165) is 22.7 Å². The van der Waals surface area contributed by atoms with Gasteiger partial charge in [-0.3, -0.25) is 0 Å². The second-order valence-electron chi connectivity index (χ2n) is 14.2. The Morgan fingerprint density at radius 2 is 0.643 bits per heavy atom. The molecule has 0 unspecified atom stereocenters. The zero-order valence-electron chi connectivity index (χ0n) is 30.8. The third-order valence-corrected chi connectivity index (χ3v) is 10.8. The Balaban J connectivity index is 1.02. The summed E-state index contributed by atoms with van der Waals surface area (Å²) in [6.07, 6.45) is 0. The maximum absolute atomic E-state index is 2.38. The summed E-state index contributed by atoms with van der Waals surface area (Å²) >= 11 is 0. The van der Waals surface area contributed by atoms with Gasteiger partial charge < -0.3 is 9.47 Å². The Labute approximate surface area is 327 Å². The van der Waals surface area contributed by atoms with E-state index in [9.17, 15) is 0 Å². The van der Waals surface area contributed by atoms with E-state index in [-0.39, 0.29) is 0 Å². The fourth-order valence-electron chi connectivity index (χ4n) is 8.02. The summed E-state index contributed by atoms with van der Waals surface area (Å²) in [6, 6.07) is 83.0. The topological polar surface area (TPSA) is 8.17 Å². The smallest absolute Gasteiger partial charge is 0.0547 e. The summed E-state index contributed by atoms with van der Waals surface area (Å²) in [4.78, 5) is 2.33. The van der Waals surface area contributed by atoms with Gasteiger partial charge in [0.15, 0.2) is 0 Å². The molecule has 0 aliphatic heterocycles. The van der Waals surface area contributed by atoms with Gasteiger partial charge in [-0.2, -0.15) is 0 Å². The zero-order chi connectivity index (χ0) is 37.3. The molecule has 0 atom stereocenters. The molecule has 10 aromatic rings. The largest absolute Gasteiger partial charge is 0.311 e. The average Bonchev–Trinajstić information content (AvgIpc) is 3.62. The maximum Gasteiger partial charge on any atom is 0.0547 e. The Morgan fingerprint density at radius 1 is 0.250 bits per heavy atom. The molecule has 0 spiro atoms. The van der Waals surface area contributed by atoms with E-state index < -0.39 is 0 Å². The summed E-state index contributed by atoms with van der Waals surface area (Å²) in [5.41, 5.74) is 16.5. The molecule has 10 rings (SSSR count). The maximum atomic E-state index is 2.38. The number of benzene rings is 9. The molecule has 0 fully saturated rings. The molecule has 2 heteroatoms. The molecule has 2 nitrogen and oxygen atoms in total. The minimum Gasteiger partial charge on any atom is -0.311 e. The fraction of sp³-hybridized carbons (Fsp3) is 0. The van der Waals surface area contributed by atoms with E-state index in [1.165, 1.54) is 66.3 Å². The van der Waals surface area contributed by atoms with Crippen molar-refractivity contribution in [2.45, 2.75) is 0 Å². The summed E-state index contributed by atoms with van der Waals surface area (Å²) < 4.78 is 2.38. The van der Waals surface area contributed by atoms with E-state index in [4.69, 9.17) is 0 Å². The lowest BCUT2D eigenvalue weighted by atomic mass is 9.93. The number of hydrogen-bond acceptors (Lipinski definition) is 1. The second-order valence-corrected chi connectivity index (χ2v) is 14.2. The predicted octanol–water partition coefficient (Wildman–Crippen LogP) is 14.9.